The summed E-state index contributed by atoms with van der Waals surface area (Å²) in [4.78, 5) is 28.6. The fourth-order valence-electron chi connectivity index (χ4n) is 4.31. The lowest BCUT2D eigenvalue weighted by Crippen LogP contribution is -2.51. The first kappa shape index (κ1) is 32.3. The molecule has 0 aliphatic heterocycles. The number of amides is 2. The molecule has 3 rings (SSSR count). The number of carbonyl (C=O) groups is 2. The molecule has 3 aromatic rings. The summed E-state index contributed by atoms with van der Waals surface area (Å²) in [7, 11) is 0.255. The van der Waals surface area contributed by atoms with Gasteiger partial charge in [-0.05, 0) is 55.3 Å². The molecule has 2 amide bonds. The van der Waals surface area contributed by atoms with Gasteiger partial charge >= 0.3 is 0 Å². The number of hydrogen-bond donors (Lipinski definition) is 1. The van der Waals surface area contributed by atoms with Crippen molar-refractivity contribution in [1.82, 2.24) is 10.2 Å². The second-order valence-corrected chi connectivity index (χ2v) is 11.4. The van der Waals surface area contributed by atoms with E-state index < -0.39 is 28.5 Å². The molecule has 0 radical (unpaired) electrons. The van der Waals surface area contributed by atoms with Crippen molar-refractivity contribution in [3.63, 3.8) is 0 Å². The number of sulfonamides is 1. The van der Waals surface area contributed by atoms with Gasteiger partial charge in [0.2, 0.25) is 11.8 Å². The molecule has 226 valence electrons. The summed E-state index contributed by atoms with van der Waals surface area (Å²) in [5.74, 6) is 0.404. The Kier molecular flexibility index (Phi) is 11.6. The number of anilines is 1. The van der Waals surface area contributed by atoms with Crippen molar-refractivity contribution >= 4 is 27.5 Å². The maximum atomic E-state index is 14.1. The molecule has 1 N–H and O–H groups in total. The Morgan fingerprint density at radius 3 is 2.24 bits per heavy atom. The topological polar surface area (TPSA) is 114 Å². The van der Waals surface area contributed by atoms with Crippen molar-refractivity contribution in [3.8, 4) is 17.2 Å². The fourth-order valence-corrected chi connectivity index (χ4v) is 5.74. The van der Waals surface area contributed by atoms with Crippen LogP contribution in [-0.2, 0) is 26.2 Å². The average Bonchev–Trinajstić information content (AvgIpc) is 3.02. The Bertz CT molecular complexity index is 1450. The molecular formula is C31H39N3O7S. The molecule has 10 nitrogen and oxygen atoms in total. The van der Waals surface area contributed by atoms with Crippen LogP contribution in [0.1, 0.15) is 32.3 Å². The Hall–Kier alpha value is -4.25. The second-order valence-electron chi connectivity index (χ2n) is 9.56. The summed E-state index contributed by atoms with van der Waals surface area (Å²) < 4.78 is 45.0. The number of rotatable bonds is 15. The van der Waals surface area contributed by atoms with Crippen molar-refractivity contribution in [3.05, 3.63) is 78.4 Å². The lowest BCUT2D eigenvalue weighted by Gasteiger charge is -2.32. The van der Waals surface area contributed by atoms with E-state index in [-0.39, 0.29) is 23.0 Å². The van der Waals surface area contributed by atoms with Crippen molar-refractivity contribution in [2.75, 3.05) is 38.7 Å². The van der Waals surface area contributed by atoms with Gasteiger partial charge in [-0.15, -0.1) is 0 Å². The first-order chi connectivity index (χ1) is 20.2. The van der Waals surface area contributed by atoms with Crippen LogP contribution in [0.5, 0.6) is 17.2 Å². The van der Waals surface area contributed by atoms with E-state index in [0.717, 1.165) is 22.7 Å². The van der Waals surface area contributed by atoms with Gasteiger partial charge in [0.05, 0.1) is 31.9 Å². The molecule has 0 bridgehead atoms. The molecule has 11 heteroatoms. The lowest BCUT2D eigenvalue weighted by molar-refractivity contribution is -0.139. The summed E-state index contributed by atoms with van der Waals surface area (Å²) in [5, 5.41) is 2.88. The highest BCUT2D eigenvalue weighted by Gasteiger charge is 2.33. The summed E-state index contributed by atoms with van der Waals surface area (Å²) in [6.07, 6.45) is 1.70. The van der Waals surface area contributed by atoms with Gasteiger partial charge in [-0.1, -0.05) is 43.7 Å². The van der Waals surface area contributed by atoms with Crippen molar-refractivity contribution in [1.29, 1.82) is 0 Å². The fraction of sp³-hybridized carbons (Fsp3) is 0.355. The van der Waals surface area contributed by atoms with Crippen LogP contribution in [0, 0.1) is 0 Å². The lowest BCUT2D eigenvalue weighted by atomic mass is 10.1. The molecule has 0 saturated carbocycles. The number of methoxy groups -OCH3 is 3. The highest BCUT2D eigenvalue weighted by Crippen LogP contribution is 2.34. The van der Waals surface area contributed by atoms with Gasteiger partial charge in [0.1, 0.15) is 18.3 Å². The van der Waals surface area contributed by atoms with Gasteiger partial charge in [-0.25, -0.2) is 8.42 Å². The molecule has 0 spiro atoms. The van der Waals surface area contributed by atoms with Crippen LogP contribution in [0.4, 0.5) is 5.69 Å². The molecular weight excluding hydrogens is 558 g/mol. The quantitative estimate of drug-likeness (QED) is 0.261. The van der Waals surface area contributed by atoms with Crippen LogP contribution in [-0.4, -0.2) is 65.6 Å². The van der Waals surface area contributed by atoms with Crippen LogP contribution < -0.4 is 23.8 Å². The van der Waals surface area contributed by atoms with Crippen molar-refractivity contribution in [2.45, 2.75) is 44.2 Å². The molecule has 0 saturated heterocycles. The number of nitrogens with zero attached hydrogens (tertiary/aromatic N) is 2. The Morgan fingerprint density at radius 2 is 1.60 bits per heavy atom. The van der Waals surface area contributed by atoms with Gasteiger partial charge < -0.3 is 24.4 Å². The monoisotopic (exact) mass is 597 g/mol. The van der Waals surface area contributed by atoms with Crippen molar-refractivity contribution < 1.29 is 32.2 Å². The van der Waals surface area contributed by atoms with E-state index in [1.165, 1.54) is 37.3 Å². The molecule has 0 unspecified atom stereocenters. The van der Waals surface area contributed by atoms with Gasteiger partial charge in [-0.3, -0.25) is 13.9 Å². The SMILES string of the molecule is CCCCNC(=O)[C@H](C)N(Cc1cccc(OC)c1)C(=O)CN(c1ccc(OC)c(OC)c1)S(=O)(=O)c1ccccc1. The van der Waals surface area contributed by atoms with Crippen LogP contribution in [0.15, 0.2) is 77.7 Å². The first-order valence-electron chi connectivity index (χ1n) is 13.7. The highest BCUT2D eigenvalue weighted by atomic mass is 32.2. The number of hydrogen-bond acceptors (Lipinski definition) is 7. The average molecular weight is 598 g/mol. The van der Waals surface area contributed by atoms with Gasteiger partial charge in [0.15, 0.2) is 11.5 Å². The number of unbranched alkanes of at least 4 members (excludes halogenated alkanes) is 1. The zero-order valence-corrected chi connectivity index (χ0v) is 25.5. The van der Waals surface area contributed by atoms with Crippen molar-refractivity contribution in [2.24, 2.45) is 0 Å². The van der Waals surface area contributed by atoms with Crippen LogP contribution in [0.3, 0.4) is 0 Å². The van der Waals surface area contributed by atoms with Crippen LogP contribution in [0.25, 0.3) is 0 Å². The van der Waals surface area contributed by atoms with E-state index >= 15 is 0 Å². The minimum Gasteiger partial charge on any atom is -0.497 e. The smallest absolute Gasteiger partial charge is 0.264 e. The van der Waals surface area contributed by atoms with Crippen LogP contribution in [0.2, 0.25) is 0 Å². The number of nitrogens with one attached hydrogen (secondary N) is 1. The van der Waals surface area contributed by atoms with E-state index in [0.29, 0.717) is 23.8 Å². The Labute approximate surface area is 248 Å². The summed E-state index contributed by atoms with van der Waals surface area (Å²) in [6, 6.07) is 18.8. The summed E-state index contributed by atoms with van der Waals surface area (Å²) in [5.41, 5.74) is 0.922. The molecule has 42 heavy (non-hydrogen) atoms. The first-order valence-corrected chi connectivity index (χ1v) is 15.1. The van der Waals surface area contributed by atoms with E-state index in [4.69, 9.17) is 14.2 Å². The second kappa shape index (κ2) is 15.1. The third kappa shape index (κ3) is 7.94. The number of ether oxygens (including phenoxy) is 3. The molecule has 0 aliphatic carbocycles. The third-order valence-electron chi connectivity index (χ3n) is 6.75. The predicted molar refractivity (Wildman–Crippen MR) is 161 cm³/mol. The molecule has 0 heterocycles. The Balaban J connectivity index is 2.05. The van der Waals surface area contributed by atoms with Gasteiger partial charge in [0, 0.05) is 19.2 Å². The van der Waals surface area contributed by atoms with E-state index in [1.807, 2.05) is 13.0 Å². The highest BCUT2D eigenvalue weighted by molar-refractivity contribution is 7.92. The molecule has 0 aromatic heterocycles. The zero-order valence-electron chi connectivity index (χ0n) is 24.7. The normalized spacial score (nSPS) is 11.7. The number of benzene rings is 3. The molecule has 1 atom stereocenters. The van der Waals surface area contributed by atoms with E-state index in [2.05, 4.69) is 5.32 Å². The maximum absolute atomic E-state index is 14.1. The minimum atomic E-state index is -4.21. The minimum absolute atomic E-state index is 0.0114. The third-order valence-corrected chi connectivity index (χ3v) is 8.54. The summed E-state index contributed by atoms with van der Waals surface area (Å²) in [6.45, 7) is 3.61. The van der Waals surface area contributed by atoms with Gasteiger partial charge in [0.25, 0.3) is 10.0 Å². The molecule has 0 fully saturated rings. The predicted octanol–water partition coefficient (Wildman–Crippen LogP) is 4.24. The zero-order chi connectivity index (χ0) is 30.7. The largest absolute Gasteiger partial charge is 0.497 e. The molecule has 3 aromatic carbocycles. The molecule has 0 aliphatic rings. The standard InChI is InChI=1S/C31H39N3O7S/c1-6-7-18-32-31(36)23(2)33(21-24-12-11-13-26(19-24)39-3)30(35)22-34(42(37,38)27-14-9-8-10-15-27)25-16-17-28(40-4)29(20-25)41-5/h8-17,19-20,23H,6-7,18,21-22H2,1-5H3,(H,32,36)/t23-/m0/s1. The summed E-state index contributed by atoms with van der Waals surface area (Å²) >= 11 is 0. The van der Waals surface area contributed by atoms with Gasteiger partial charge in [-0.2, -0.15) is 0 Å². The van der Waals surface area contributed by atoms with E-state index in [1.54, 1.807) is 62.6 Å². The maximum Gasteiger partial charge on any atom is 0.264 e. The van der Waals surface area contributed by atoms with Crippen LogP contribution >= 0.6 is 0 Å². The van der Waals surface area contributed by atoms with E-state index in [9.17, 15) is 18.0 Å². The number of carbonyl (C=O) groups excluding carboxylic acids is 2. The Morgan fingerprint density at radius 1 is 0.881 bits per heavy atom.